The molecular formula is C23H27FN6O. The number of halogens is 1. The molecule has 2 aromatic heterocycles. The first-order valence-corrected chi connectivity index (χ1v) is 11.0. The number of urea groups is 1. The van der Waals surface area contributed by atoms with Crippen molar-refractivity contribution in [3.8, 4) is 0 Å². The zero-order valence-corrected chi connectivity index (χ0v) is 17.5. The van der Waals surface area contributed by atoms with E-state index in [4.69, 9.17) is 4.98 Å². The minimum atomic E-state index is -0.267. The number of benzene rings is 1. The highest BCUT2D eigenvalue weighted by molar-refractivity contribution is 5.88. The molecule has 1 N–H and O–H groups in total. The number of rotatable bonds is 4. The van der Waals surface area contributed by atoms with Crippen molar-refractivity contribution < 1.29 is 9.18 Å². The van der Waals surface area contributed by atoms with Gasteiger partial charge in [0.05, 0.1) is 12.7 Å². The van der Waals surface area contributed by atoms with Gasteiger partial charge in [0.25, 0.3) is 0 Å². The summed E-state index contributed by atoms with van der Waals surface area (Å²) in [6.45, 7) is 2.97. The molecule has 7 nitrogen and oxygen atoms in total. The van der Waals surface area contributed by atoms with Gasteiger partial charge in [0.1, 0.15) is 17.5 Å². The maximum Gasteiger partial charge on any atom is 0.322 e. The summed E-state index contributed by atoms with van der Waals surface area (Å²) < 4.78 is 17.3. The zero-order chi connectivity index (χ0) is 21.2. The first-order valence-electron chi connectivity index (χ1n) is 11.0. The predicted molar refractivity (Wildman–Crippen MR) is 115 cm³/mol. The van der Waals surface area contributed by atoms with Gasteiger partial charge in [-0.15, -0.1) is 0 Å². The van der Waals surface area contributed by atoms with E-state index in [9.17, 15) is 9.18 Å². The van der Waals surface area contributed by atoms with E-state index < -0.39 is 0 Å². The monoisotopic (exact) mass is 422 g/mol. The molecule has 31 heavy (non-hydrogen) atoms. The average molecular weight is 423 g/mol. The van der Waals surface area contributed by atoms with Crippen molar-refractivity contribution >= 4 is 11.8 Å². The SMILES string of the molecule is O=C(Nc1ccnn1Cc1ccc(F)cc1)N1CCC(c2ncc3n2CCCC3)CC1. The third-order valence-electron chi connectivity index (χ3n) is 6.38. The summed E-state index contributed by atoms with van der Waals surface area (Å²) in [7, 11) is 0. The summed E-state index contributed by atoms with van der Waals surface area (Å²) >= 11 is 0. The first-order chi connectivity index (χ1) is 15.2. The van der Waals surface area contributed by atoms with Gasteiger partial charge < -0.3 is 9.47 Å². The van der Waals surface area contributed by atoms with Crippen LogP contribution in [0.25, 0.3) is 0 Å². The van der Waals surface area contributed by atoms with Crippen LogP contribution in [0.5, 0.6) is 0 Å². The largest absolute Gasteiger partial charge is 0.332 e. The van der Waals surface area contributed by atoms with E-state index in [1.807, 2.05) is 11.1 Å². The minimum Gasteiger partial charge on any atom is -0.332 e. The Kier molecular flexibility index (Phi) is 5.44. The molecule has 1 saturated heterocycles. The lowest BCUT2D eigenvalue weighted by molar-refractivity contribution is 0.192. The molecule has 8 heteroatoms. The molecule has 1 fully saturated rings. The van der Waals surface area contributed by atoms with Gasteiger partial charge in [-0.2, -0.15) is 5.10 Å². The minimum absolute atomic E-state index is 0.107. The van der Waals surface area contributed by atoms with Gasteiger partial charge in [0, 0.05) is 43.5 Å². The topological polar surface area (TPSA) is 68.0 Å². The molecule has 1 aromatic carbocycles. The van der Waals surface area contributed by atoms with Crippen molar-refractivity contribution in [3.05, 3.63) is 65.6 Å². The van der Waals surface area contributed by atoms with Gasteiger partial charge >= 0.3 is 6.03 Å². The fourth-order valence-corrected chi connectivity index (χ4v) is 4.64. The Hall–Kier alpha value is -3.16. The van der Waals surface area contributed by atoms with Gasteiger partial charge in [-0.25, -0.2) is 18.9 Å². The number of carbonyl (C=O) groups excluding carboxylic acids is 1. The second-order valence-corrected chi connectivity index (χ2v) is 8.41. The van der Waals surface area contributed by atoms with Crippen LogP contribution in [0.3, 0.4) is 0 Å². The number of aryl methyl sites for hydroxylation is 1. The molecule has 5 rings (SSSR count). The Morgan fingerprint density at radius 2 is 1.90 bits per heavy atom. The fraction of sp³-hybridized carbons (Fsp3) is 0.435. The van der Waals surface area contributed by atoms with Crippen LogP contribution in [-0.2, 0) is 19.5 Å². The highest BCUT2D eigenvalue weighted by Gasteiger charge is 2.28. The molecular weight excluding hydrogens is 395 g/mol. The van der Waals surface area contributed by atoms with Crippen molar-refractivity contribution in [2.45, 2.75) is 51.1 Å². The lowest BCUT2D eigenvalue weighted by Gasteiger charge is -2.32. The molecule has 0 spiro atoms. The van der Waals surface area contributed by atoms with Crippen LogP contribution in [0.15, 0.2) is 42.7 Å². The third kappa shape index (κ3) is 4.19. The number of piperidine rings is 1. The summed E-state index contributed by atoms with van der Waals surface area (Å²) in [6.07, 6.45) is 9.16. The van der Waals surface area contributed by atoms with Gasteiger partial charge in [0.2, 0.25) is 0 Å². The second kappa shape index (κ2) is 8.53. The number of anilines is 1. The van der Waals surface area contributed by atoms with Crippen molar-refractivity contribution in [2.75, 3.05) is 18.4 Å². The van der Waals surface area contributed by atoms with Gasteiger partial charge in [-0.05, 0) is 49.8 Å². The second-order valence-electron chi connectivity index (χ2n) is 8.41. The average Bonchev–Trinajstić information content (AvgIpc) is 3.42. The number of nitrogens with one attached hydrogen (secondary N) is 1. The van der Waals surface area contributed by atoms with E-state index in [1.54, 1.807) is 29.1 Å². The Balaban J connectivity index is 1.19. The lowest BCUT2D eigenvalue weighted by atomic mass is 9.95. The summed E-state index contributed by atoms with van der Waals surface area (Å²) in [6, 6.07) is 7.98. The van der Waals surface area contributed by atoms with Crippen LogP contribution in [0, 0.1) is 5.82 Å². The summed E-state index contributed by atoms with van der Waals surface area (Å²) in [5, 5.41) is 7.28. The first kappa shape index (κ1) is 19.8. The summed E-state index contributed by atoms with van der Waals surface area (Å²) in [4.78, 5) is 19.4. The van der Waals surface area contributed by atoms with Gasteiger partial charge in [-0.1, -0.05) is 12.1 Å². The van der Waals surface area contributed by atoms with E-state index >= 15 is 0 Å². The number of hydrogen-bond acceptors (Lipinski definition) is 3. The van der Waals surface area contributed by atoms with Crippen molar-refractivity contribution in [2.24, 2.45) is 0 Å². The molecule has 0 saturated carbocycles. The molecule has 0 bridgehead atoms. The number of amides is 2. The van der Waals surface area contributed by atoms with Gasteiger partial charge in [-0.3, -0.25) is 5.32 Å². The highest BCUT2D eigenvalue weighted by Crippen LogP contribution is 2.30. The molecule has 2 amide bonds. The molecule has 2 aliphatic heterocycles. The standard InChI is InChI=1S/C23H27FN6O/c24-19-6-4-17(5-7-19)16-30-21(8-11-26-30)27-23(31)28-13-9-18(10-14-28)22-25-15-20-3-1-2-12-29(20)22/h4-8,11,15,18H,1-3,9-10,12-14,16H2,(H,27,31). The summed E-state index contributed by atoms with van der Waals surface area (Å²) in [5.41, 5.74) is 2.28. The third-order valence-corrected chi connectivity index (χ3v) is 6.38. The van der Waals surface area contributed by atoms with E-state index in [2.05, 4.69) is 15.0 Å². The molecule has 4 heterocycles. The smallest absolute Gasteiger partial charge is 0.322 e. The number of carbonyl (C=O) groups is 1. The predicted octanol–water partition coefficient (Wildman–Crippen LogP) is 4.01. The van der Waals surface area contributed by atoms with Crippen molar-refractivity contribution in [3.63, 3.8) is 0 Å². The quantitative estimate of drug-likeness (QED) is 0.691. The Morgan fingerprint density at radius 1 is 1.10 bits per heavy atom. The molecule has 3 aromatic rings. The number of fused-ring (bicyclic) bond motifs is 1. The number of nitrogens with zero attached hydrogens (tertiary/aromatic N) is 5. The summed E-state index contributed by atoms with van der Waals surface area (Å²) in [5.74, 6) is 1.99. The molecule has 0 radical (unpaired) electrons. The molecule has 0 aliphatic carbocycles. The maximum atomic E-state index is 13.1. The number of aromatic nitrogens is 4. The number of likely N-dealkylation sites (tertiary alicyclic amines) is 1. The molecule has 0 atom stereocenters. The van der Waals surface area contributed by atoms with Crippen LogP contribution in [0.2, 0.25) is 0 Å². The Labute approximate surface area is 180 Å². The van der Waals surface area contributed by atoms with Crippen LogP contribution in [-0.4, -0.2) is 43.4 Å². The van der Waals surface area contributed by atoms with Crippen LogP contribution in [0.4, 0.5) is 15.0 Å². The van der Waals surface area contributed by atoms with Crippen LogP contribution < -0.4 is 5.32 Å². The fourth-order valence-electron chi connectivity index (χ4n) is 4.64. The lowest BCUT2D eigenvalue weighted by Crippen LogP contribution is -2.41. The van der Waals surface area contributed by atoms with Crippen LogP contribution >= 0.6 is 0 Å². The molecule has 162 valence electrons. The van der Waals surface area contributed by atoms with E-state index in [1.165, 1.54) is 36.5 Å². The Morgan fingerprint density at radius 3 is 2.71 bits per heavy atom. The van der Waals surface area contributed by atoms with E-state index in [0.717, 1.165) is 31.4 Å². The normalized spacial score (nSPS) is 16.9. The highest BCUT2D eigenvalue weighted by atomic mass is 19.1. The van der Waals surface area contributed by atoms with E-state index in [0.29, 0.717) is 31.4 Å². The Bertz CT molecular complexity index is 1050. The van der Waals surface area contributed by atoms with E-state index in [-0.39, 0.29) is 11.8 Å². The maximum absolute atomic E-state index is 13.1. The number of hydrogen-bond donors (Lipinski definition) is 1. The molecule has 0 unspecified atom stereocenters. The number of imidazole rings is 1. The molecule has 2 aliphatic rings. The van der Waals surface area contributed by atoms with Crippen molar-refractivity contribution in [1.29, 1.82) is 0 Å². The van der Waals surface area contributed by atoms with Crippen LogP contribution in [0.1, 0.15) is 48.7 Å². The van der Waals surface area contributed by atoms with Gasteiger partial charge in [0.15, 0.2) is 0 Å². The van der Waals surface area contributed by atoms with Crippen molar-refractivity contribution in [1.82, 2.24) is 24.2 Å². The zero-order valence-electron chi connectivity index (χ0n) is 17.5.